The average molecular weight is 341 g/mol. The molecule has 0 spiro atoms. The van der Waals surface area contributed by atoms with Gasteiger partial charge >= 0.3 is 0 Å². The van der Waals surface area contributed by atoms with E-state index in [0.717, 1.165) is 11.3 Å². The van der Waals surface area contributed by atoms with Crippen molar-refractivity contribution in [2.75, 3.05) is 7.05 Å². The molecule has 0 aliphatic heterocycles. The second kappa shape index (κ2) is 6.21. The van der Waals surface area contributed by atoms with Crippen molar-refractivity contribution in [2.24, 2.45) is 17.8 Å². The number of benzene rings is 1. The Labute approximate surface area is 147 Å². The summed E-state index contributed by atoms with van der Waals surface area (Å²) >= 11 is 6.03. The van der Waals surface area contributed by atoms with Gasteiger partial charge in [-0.3, -0.25) is 9.78 Å². The second-order valence-corrected chi connectivity index (χ2v) is 7.38. The van der Waals surface area contributed by atoms with Gasteiger partial charge < -0.3 is 4.90 Å². The quantitative estimate of drug-likeness (QED) is 0.830. The number of carbonyl (C=O) groups is 1. The van der Waals surface area contributed by atoms with Crippen molar-refractivity contribution < 1.29 is 4.79 Å². The highest BCUT2D eigenvalue weighted by atomic mass is 35.5. The van der Waals surface area contributed by atoms with E-state index in [-0.39, 0.29) is 17.9 Å². The molecule has 1 heterocycles. The molecule has 2 aliphatic rings. The normalized spacial score (nSPS) is 25.8. The standard InChI is InChI=1S/C20H21ClN2O/c1-23(20(24)18-15-5-4-6-16(15)18)19(17-7-2-3-12-22-17)13-8-10-14(21)11-9-13/h2-3,7-12,15-16,18-19H,4-6H2,1H3/t15-,16-,19-/m1/s1. The highest BCUT2D eigenvalue weighted by molar-refractivity contribution is 6.30. The summed E-state index contributed by atoms with van der Waals surface area (Å²) in [6, 6.07) is 13.4. The number of halogens is 1. The molecular formula is C20H21ClN2O. The number of carbonyl (C=O) groups excluding carboxylic acids is 1. The largest absolute Gasteiger partial charge is 0.333 e. The van der Waals surface area contributed by atoms with Crippen LogP contribution in [0.2, 0.25) is 5.02 Å². The van der Waals surface area contributed by atoms with Gasteiger partial charge in [0.2, 0.25) is 5.91 Å². The summed E-state index contributed by atoms with van der Waals surface area (Å²) in [6.07, 6.45) is 5.49. The molecule has 3 atom stereocenters. The lowest BCUT2D eigenvalue weighted by Crippen LogP contribution is -2.34. The summed E-state index contributed by atoms with van der Waals surface area (Å²) in [5, 5.41) is 0.698. The number of nitrogens with zero attached hydrogens (tertiary/aromatic N) is 2. The fourth-order valence-corrected chi connectivity index (χ4v) is 4.45. The van der Waals surface area contributed by atoms with E-state index in [9.17, 15) is 4.79 Å². The molecule has 0 radical (unpaired) electrons. The molecule has 2 fully saturated rings. The maximum absolute atomic E-state index is 13.0. The molecule has 4 rings (SSSR count). The zero-order chi connectivity index (χ0) is 16.7. The summed E-state index contributed by atoms with van der Waals surface area (Å²) in [5.41, 5.74) is 1.93. The van der Waals surface area contributed by atoms with Gasteiger partial charge in [0.25, 0.3) is 0 Å². The van der Waals surface area contributed by atoms with Gasteiger partial charge in [-0.15, -0.1) is 0 Å². The van der Waals surface area contributed by atoms with Crippen molar-refractivity contribution >= 4 is 17.5 Å². The molecule has 124 valence electrons. The van der Waals surface area contributed by atoms with E-state index in [1.54, 1.807) is 6.20 Å². The predicted molar refractivity (Wildman–Crippen MR) is 94.6 cm³/mol. The first kappa shape index (κ1) is 15.6. The van der Waals surface area contributed by atoms with Crippen LogP contribution < -0.4 is 0 Å². The number of fused-ring (bicyclic) bond motifs is 1. The first-order valence-corrected chi connectivity index (χ1v) is 8.97. The first-order valence-electron chi connectivity index (χ1n) is 8.60. The van der Waals surface area contributed by atoms with Crippen molar-refractivity contribution in [3.05, 3.63) is 64.9 Å². The minimum Gasteiger partial charge on any atom is -0.333 e. The number of hydrogen-bond acceptors (Lipinski definition) is 2. The third kappa shape index (κ3) is 2.71. The topological polar surface area (TPSA) is 33.2 Å². The monoisotopic (exact) mass is 340 g/mol. The number of pyridine rings is 1. The average Bonchev–Trinajstić information content (AvgIpc) is 3.08. The smallest absolute Gasteiger partial charge is 0.226 e. The number of hydrogen-bond donors (Lipinski definition) is 0. The molecule has 4 heteroatoms. The summed E-state index contributed by atoms with van der Waals surface area (Å²) in [4.78, 5) is 19.4. The van der Waals surface area contributed by atoms with Crippen LogP contribution in [0.25, 0.3) is 0 Å². The number of amides is 1. The minimum atomic E-state index is -0.169. The summed E-state index contributed by atoms with van der Waals surface area (Å²) in [5.74, 6) is 1.72. The fraction of sp³-hybridized carbons (Fsp3) is 0.400. The molecule has 0 saturated heterocycles. The Hall–Kier alpha value is -1.87. The van der Waals surface area contributed by atoms with E-state index < -0.39 is 0 Å². The van der Waals surface area contributed by atoms with Crippen LogP contribution in [-0.4, -0.2) is 22.8 Å². The Morgan fingerprint density at radius 3 is 2.50 bits per heavy atom. The summed E-state index contributed by atoms with van der Waals surface area (Å²) in [6.45, 7) is 0. The molecule has 0 N–H and O–H groups in total. The van der Waals surface area contributed by atoms with E-state index in [0.29, 0.717) is 16.9 Å². The highest BCUT2D eigenvalue weighted by Gasteiger charge is 2.57. The van der Waals surface area contributed by atoms with Gasteiger partial charge in [0, 0.05) is 24.2 Å². The van der Waals surface area contributed by atoms with Crippen molar-refractivity contribution in [2.45, 2.75) is 25.3 Å². The molecule has 0 unspecified atom stereocenters. The van der Waals surface area contributed by atoms with Gasteiger partial charge in [0.05, 0.1) is 11.7 Å². The Balaban J connectivity index is 1.64. The van der Waals surface area contributed by atoms with Crippen LogP contribution in [0, 0.1) is 17.8 Å². The third-order valence-electron chi connectivity index (χ3n) is 5.58. The van der Waals surface area contributed by atoms with E-state index in [2.05, 4.69) is 4.98 Å². The van der Waals surface area contributed by atoms with E-state index in [1.165, 1.54) is 19.3 Å². The van der Waals surface area contributed by atoms with Crippen LogP contribution in [0.1, 0.15) is 36.6 Å². The van der Waals surface area contributed by atoms with Gasteiger partial charge in [-0.05, 0) is 54.5 Å². The summed E-state index contributed by atoms with van der Waals surface area (Å²) in [7, 11) is 1.91. The molecular weight excluding hydrogens is 320 g/mol. The molecule has 2 aromatic rings. The molecule has 3 nitrogen and oxygen atoms in total. The van der Waals surface area contributed by atoms with Crippen molar-refractivity contribution in [1.82, 2.24) is 9.88 Å². The van der Waals surface area contributed by atoms with Crippen molar-refractivity contribution in [3.8, 4) is 0 Å². The van der Waals surface area contributed by atoms with Crippen LogP contribution in [0.5, 0.6) is 0 Å². The van der Waals surface area contributed by atoms with Gasteiger partial charge in [-0.25, -0.2) is 0 Å². The van der Waals surface area contributed by atoms with Crippen LogP contribution in [0.15, 0.2) is 48.7 Å². The number of rotatable bonds is 4. The molecule has 1 aromatic heterocycles. The lowest BCUT2D eigenvalue weighted by atomic mass is 10.0. The summed E-state index contributed by atoms with van der Waals surface area (Å²) < 4.78 is 0. The zero-order valence-corrected chi connectivity index (χ0v) is 14.5. The Morgan fingerprint density at radius 2 is 1.88 bits per heavy atom. The molecule has 1 aromatic carbocycles. The van der Waals surface area contributed by atoms with Crippen molar-refractivity contribution in [3.63, 3.8) is 0 Å². The van der Waals surface area contributed by atoms with Gasteiger partial charge in [0.1, 0.15) is 0 Å². The highest BCUT2D eigenvalue weighted by Crippen LogP contribution is 2.58. The van der Waals surface area contributed by atoms with Crippen LogP contribution >= 0.6 is 11.6 Å². The molecule has 0 bridgehead atoms. The lowest BCUT2D eigenvalue weighted by Gasteiger charge is -2.29. The second-order valence-electron chi connectivity index (χ2n) is 6.94. The van der Waals surface area contributed by atoms with Crippen molar-refractivity contribution in [1.29, 1.82) is 0 Å². The Morgan fingerprint density at radius 1 is 1.17 bits per heavy atom. The Bertz CT molecular complexity index is 721. The van der Waals surface area contributed by atoms with E-state index >= 15 is 0 Å². The molecule has 24 heavy (non-hydrogen) atoms. The SMILES string of the molecule is CN(C(=O)C1[C@@H]2CCC[C@@H]12)[C@H](c1ccc(Cl)cc1)c1ccccn1. The van der Waals surface area contributed by atoms with E-state index in [4.69, 9.17) is 11.6 Å². The van der Waals surface area contributed by atoms with E-state index in [1.807, 2.05) is 54.4 Å². The minimum absolute atomic E-state index is 0.169. The maximum atomic E-state index is 13.0. The molecule has 1 amide bonds. The van der Waals surface area contributed by atoms with Gasteiger partial charge in [-0.1, -0.05) is 36.2 Å². The zero-order valence-electron chi connectivity index (χ0n) is 13.7. The molecule has 2 aliphatic carbocycles. The lowest BCUT2D eigenvalue weighted by molar-refractivity contribution is -0.133. The predicted octanol–water partition coefficient (Wildman–Crippen LogP) is 4.33. The molecule has 2 saturated carbocycles. The van der Waals surface area contributed by atoms with Crippen LogP contribution in [-0.2, 0) is 4.79 Å². The Kier molecular flexibility index (Phi) is 4.05. The van der Waals surface area contributed by atoms with Crippen LogP contribution in [0.3, 0.4) is 0 Å². The number of aromatic nitrogens is 1. The van der Waals surface area contributed by atoms with Gasteiger partial charge in [-0.2, -0.15) is 0 Å². The maximum Gasteiger partial charge on any atom is 0.226 e. The first-order chi connectivity index (χ1) is 11.7. The fourth-order valence-electron chi connectivity index (χ4n) is 4.33. The van der Waals surface area contributed by atoms with Crippen LogP contribution in [0.4, 0.5) is 0 Å². The third-order valence-corrected chi connectivity index (χ3v) is 5.83. The van der Waals surface area contributed by atoms with Gasteiger partial charge in [0.15, 0.2) is 0 Å².